The lowest BCUT2D eigenvalue weighted by Gasteiger charge is -2.16. The Labute approximate surface area is 126 Å². The molecule has 21 heavy (non-hydrogen) atoms. The number of anilines is 2. The van der Waals surface area contributed by atoms with Gasteiger partial charge in [0, 0.05) is 25.6 Å². The highest BCUT2D eigenvalue weighted by Crippen LogP contribution is 2.38. The summed E-state index contributed by atoms with van der Waals surface area (Å²) in [7, 11) is 1.83. The highest BCUT2D eigenvalue weighted by atomic mass is 16.2. The number of aromatic nitrogens is 2. The van der Waals surface area contributed by atoms with E-state index in [9.17, 15) is 4.79 Å². The van der Waals surface area contributed by atoms with Gasteiger partial charge in [0.25, 0.3) is 0 Å². The summed E-state index contributed by atoms with van der Waals surface area (Å²) in [6, 6.07) is 1.51. The molecule has 1 aromatic rings. The van der Waals surface area contributed by atoms with E-state index in [1.165, 1.54) is 0 Å². The summed E-state index contributed by atoms with van der Waals surface area (Å²) in [5.74, 6) is 3.24. The predicted molar refractivity (Wildman–Crippen MR) is 84.5 cm³/mol. The zero-order valence-electron chi connectivity index (χ0n) is 13.2. The summed E-state index contributed by atoms with van der Waals surface area (Å²) in [5, 5.41) is 9.12. The second-order valence-corrected chi connectivity index (χ2v) is 6.03. The molecule has 1 amide bonds. The van der Waals surface area contributed by atoms with Crippen molar-refractivity contribution in [2.24, 2.45) is 5.92 Å². The summed E-state index contributed by atoms with van der Waals surface area (Å²) in [5.41, 5.74) is 0. The number of hydrogen-bond acceptors (Lipinski definition) is 5. The van der Waals surface area contributed by atoms with Gasteiger partial charge in [0.15, 0.2) is 0 Å². The van der Waals surface area contributed by atoms with Gasteiger partial charge >= 0.3 is 0 Å². The van der Waals surface area contributed by atoms with Crippen LogP contribution in [0.2, 0.25) is 0 Å². The first-order chi connectivity index (χ1) is 9.99. The van der Waals surface area contributed by atoms with Crippen molar-refractivity contribution in [2.45, 2.75) is 45.6 Å². The van der Waals surface area contributed by atoms with Gasteiger partial charge in [-0.2, -0.15) is 0 Å². The largest absolute Gasteiger partial charge is 0.373 e. The normalized spacial score (nSPS) is 15.7. The van der Waals surface area contributed by atoms with Crippen LogP contribution in [0.4, 0.5) is 11.6 Å². The predicted octanol–water partition coefficient (Wildman–Crippen LogP) is 1.97. The third-order valence-electron chi connectivity index (χ3n) is 3.38. The molecule has 6 heteroatoms. The quantitative estimate of drug-likeness (QED) is 0.716. The van der Waals surface area contributed by atoms with Gasteiger partial charge in [0.1, 0.15) is 23.5 Å². The minimum absolute atomic E-state index is 0.0127. The molecule has 3 N–H and O–H groups in total. The monoisotopic (exact) mass is 291 g/mol. The van der Waals surface area contributed by atoms with Gasteiger partial charge in [-0.25, -0.2) is 9.97 Å². The van der Waals surface area contributed by atoms with Crippen LogP contribution in [-0.4, -0.2) is 35.5 Å². The Morgan fingerprint density at radius 3 is 2.52 bits per heavy atom. The summed E-state index contributed by atoms with van der Waals surface area (Å²) in [4.78, 5) is 21.0. The minimum Gasteiger partial charge on any atom is -0.373 e. The lowest BCUT2D eigenvalue weighted by Crippen LogP contribution is -2.39. The molecule has 1 fully saturated rings. The summed E-state index contributed by atoms with van der Waals surface area (Å²) >= 11 is 0. The van der Waals surface area contributed by atoms with Crippen molar-refractivity contribution in [1.82, 2.24) is 15.3 Å². The van der Waals surface area contributed by atoms with E-state index in [0.717, 1.165) is 24.5 Å². The van der Waals surface area contributed by atoms with E-state index in [-0.39, 0.29) is 11.9 Å². The maximum Gasteiger partial charge on any atom is 0.242 e. The number of carbonyl (C=O) groups is 1. The van der Waals surface area contributed by atoms with E-state index < -0.39 is 0 Å². The molecule has 0 radical (unpaired) electrons. The fourth-order valence-corrected chi connectivity index (χ4v) is 1.94. The van der Waals surface area contributed by atoms with Crippen molar-refractivity contribution in [1.29, 1.82) is 0 Å². The number of nitrogens with one attached hydrogen (secondary N) is 3. The molecule has 1 aliphatic rings. The third-order valence-corrected chi connectivity index (χ3v) is 3.38. The van der Waals surface area contributed by atoms with Gasteiger partial charge in [0.2, 0.25) is 5.91 Å². The third kappa shape index (κ3) is 4.58. The molecule has 116 valence electrons. The van der Waals surface area contributed by atoms with Crippen molar-refractivity contribution in [3.05, 3.63) is 11.9 Å². The number of carbonyl (C=O) groups excluding carboxylic acids is 1. The average Bonchev–Trinajstić information content (AvgIpc) is 3.28. The topological polar surface area (TPSA) is 78.9 Å². The van der Waals surface area contributed by atoms with Crippen LogP contribution >= 0.6 is 0 Å². The Kier molecular flexibility index (Phi) is 4.98. The second-order valence-electron chi connectivity index (χ2n) is 6.03. The van der Waals surface area contributed by atoms with Crippen molar-refractivity contribution < 1.29 is 4.79 Å². The number of amides is 1. The Morgan fingerprint density at radius 1 is 1.29 bits per heavy atom. The molecule has 0 aliphatic heterocycles. The van der Waals surface area contributed by atoms with E-state index in [1.807, 2.05) is 20.0 Å². The molecular weight excluding hydrogens is 266 g/mol. The van der Waals surface area contributed by atoms with Gasteiger partial charge in [-0.05, 0) is 25.7 Å². The first-order valence-corrected chi connectivity index (χ1v) is 7.60. The fraction of sp³-hybridized carbons (Fsp3) is 0.667. The molecule has 1 atom stereocenters. The molecule has 2 rings (SSSR count). The summed E-state index contributed by atoms with van der Waals surface area (Å²) in [6.45, 7) is 6.67. The van der Waals surface area contributed by atoms with Crippen LogP contribution in [0.15, 0.2) is 6.07 Å². The zero-order valence-corrected chi connectivity index (χ0v) is 13.2. The fourth-order valence-electron chi connectivity index (χ4n) is 1.94. The SMILES string of the molecule is CNc1cc(NC(C)C(=O)NCC(C)C)nc(C2CC2)n1. The highest BCUT2D eigenvalue weighted by molar-refractivity contribution is 5.83. The van der Waals surface area contributed by atoms with E-state index in [2.05, 4.69) is 39.8 Å². The van der Waals surface area contributed by atoms with Gasteiger partial charge < -0.3 is 16.0 Å². The Bertz CT molecular complexity index is 499. The lowest BCUT2D eigenvalue weighted by molar-refractivity contribution is -0.121. The lowest BCUT2D eigenvalue weighted by atomic mass is 10.2. The molecule has 6 nitrogen and oxygen atoms in total. The number of rotatable bonds is 7. The molecular formula is C15H25N5O. The van der Waals surface area contributed by atoms with E-state index in [4.69, 9.17) is 0 Å². The van der Waals surface area contributed by atoms with Crippen LogP contribution in [0, 0.1) is 5.92 Å². The van der Waals surface area contributed by atoms with Crippen LogP contribution in [0.1, 0.15) is 45.4 Å². The average molecular weight is 291 g/mol. The number of nitrogens with zero attached hydrogens (tertiary/aromatic N) is 2. The van der Waals surface area contributed by atoms with Crippen molar-refractivity contribution >= 4 is 17.5 Å². The van der Waals surface area contributed by atoms with Crippen molar-refractivity contribution in [3.8, 4) is 0 Å². The molecule has 0 saturated heterocycles. The Balaban J connectivity index is 2.00. The standard InChI is InChI=1S/C15H25N5O/c1-9(2)8-17-15(21)10(3)18-13-7-12(16-4)19-14(20-13)11-5-6-11/h7,9-11H,5-6,8H2,1-4H3,(H,17,21)(H2,16,18,19,20). The summed E-state index contributed by atoms with van der Waals surface area (Å²) < 4.78 is 0. The minimum atomic E-state index is -0.324. The van der Waals surface area contributed by atoms with Crippen LogP contribution in [0.5, 0.6) is 0 Å². The van der Waals surface area contributed by atoms with Gasteiger partial charge in [-0.3, -0.25) is 4.79 Å². The maximum atomic E-state index is 12.0. The van der Waals surface area contributed by atoms with Gasteiger partial charge in [-0.15, -0.1) is 0 Å². The Morgan fingerprint density at radius 2 is 1.95 bits per heavy atom. The van der Waals surface area contributed by atoms with E-state index in [1.54, 1.807) is 0 Å². The first-order valence-electron chi connectivity index (χ1n) is 7.60. The van der Waals surface area contributed by atoms with Crippen LogP contribution in [-0.2, 0) is 4.79 Å². The molecule has 0 bridgehead atoms. The van der Waals surface area contributed by atoms with E-state index in [0.29, 0.717) is 24.2 Å². The molecule has 0 spiro atoms. The molecule has 1 aromatic heterocycles. The van der Waals surface area contributed by atoms with Gasteiger partial charge in [0.05, 0.1) is 0 Å². The summed E-state index contributed by atoms with van der Waals surface area (Å²) in [6.07, 6.45) is 2.30. The van der Waals surface area contributed by atoms with E-state index >= 15 is 0 Å². The highest BCUT2D eigenvalue weighted by Gasteiger charge is 2.27. The van der Waals surface area contributed by atoms with Crippen molar-refractivity contribution in [3.63, 3.8) is 0 Å². The molecule has 1 aliphatic carbocycles. The molecule has 1 heterocycles. The van der Waals surface area contributed by atoms with Crippen LogP contribution in [0.3, 0.4) is 0 Å². The Hall–Kier alpha value is -1.85. The van der Waals surface area contributed by atoms with Crippen LogP contribution in [0.25, 0.3) is 0 Å². The van der Waals surface area contributed by atoms with Gasteiger partial charge in [-0.1, -0.05) is 13.8 Å². The van der Waals surface area contributed by atoms with Crippen molar-refractivity contribution in [2.75, 3.05) is 24.2 Å². The zero-order chi connectivity index (χ0) is 15.4. The molecule has 1 saturated carbocycles. The molecule has 1 unspecified atom stereocenters. The molecule has 0 aromatic carbocycles. The maximum absolute atomic E-state index is 12.0. The van der Waals surface area contributed by atoms with Crippen LogP contribution < -0.4 is 16.0 Å². The first kappa shape index (κ1) is 15.5. The smallest absolute Gasteiger partial charge is 0.242 e. The second kappa shape index (κ2) is 6.74. The number of hydrogen-bond donors (Lipinski definition) is 3.